The van der Waals surface area contributed by atoms with Crippen molar-refractivity contribution in [1.82, 2.24) is 0 Å². The maximum atomic E-state index is 13.1. The van der Waals surface area contributed by atoms with Crippen LogP contribution in [0, 0.1) is 13.8 Å². The second-order valence-corrected chi connectivity index (χ2v) is 6.08. The zero-order valence-electron chi connectivity index (χ0n) is 14.8. The average Bonchev–Trinajstić information content (AvgIpc) is 2.57. The molecule has 128 valence electrons. The van der Waals surface area contributed by atoms with Crippen LogP contribution >= 0.6 is 0 Å². The van der Waals surface area contributed by atoms with Crippen LogP contribution in [0.3, 0.4) is 0 Å². The minimum atomic E-state index is -0.474. The minimum Gasteiger partial charge on any atom is -0.455 e. The van der Waals surface area contributed by atoms with Gasteiger partial charge >= 0.3 is 5.97 Å². The molecule has 0 bridgehead atoms. The lowest BCUT2D eigenvalue weighted by Crippen LogP contribution is -2.10. The van der Waals surface area contributed by atoms with Crippen molar-refractivity contribution >= 4 is 34.0 Å². The molecule has 25 heavy (non-hydrogen) atoms. The van der Waals surface area contributed by atoms with Gasteiger partial charge < -0.3 is 9.15 Å². The van der Waals surface area contributed by atoms with Crippen molar-refractivity contribution in [3.05, 3.63) is 57.3 Å². The lowest BCUT2D eigenvalue weighted by Gasteiger charge is -2.11. The van der Waals surface area contributed by atoms with Gasteiger partial charge in [-0.2, -0.15) is 0 Å². The molecule has 4 heteroatoms. The molecule has 0 saturated carbocycles. The number of rotatable bonds is 3. The molecule has 3 rings (SSSR count). The van der Waals surface area contributed by atoms with Gasteiger partial charge in [0.25, 0.3) is 0 Å². The molecule has 0 aliphatic carbocycles. The maximum absolute atomic E-state index is 13.1. The number of benzene rings is 2. The van der Waals surface area contributed by atoms with E-state index in [0.29, 0.717) is 27.5 Å². The molecule has 1 aromatic heterocycles. The van der Waals surface area contributed by atoms with E-state index in [1.165, 1.54) is 6.92 Å². The van der Waals surface area contributed by atoms with Crippen molar-refractivity contribution in [3.8, 4) is 5.75 Å². The average molecular weight is 336 g/mol. The Kier molecular flexibility index (Phi) is 4.45. The highest BCUT2D eigenvalue weighted by atomic mass is 16.5. The number of carbonyl (C=O) groups is 1. The molecule has 4 nitrogen and oxygen atoms in total. The number of fused-ring (bicyclic) bond motifs is 2. The Balaban J connectivity index is 2.46. The number of aryl methyl sites for hydroxylation is 2. The summed E-state index contributed by atoms with van der Waals surface area (Å²) in [4.78, 5) is 24.7. The first kappa shape index (κ1) is 17.0. The molecule has 0 N–H and O–H groups in total. The van der Waals surface area contributed by atoms with Gasteiger partial charge in [-0.25, -0.2) is 0 Å². The van der Waals surface area contributed by atoms with Crippen LogP contribution in [0.1, 0.15) is 37.0 Å². The molecule has 0 aliphatic rings. The lowest BCUT2D eigenvalue weighted by molar-refractivity contribution is -0.131. The Hall–Kier alpha value is -2.88. The largest absolute Gasteiger partial charge is 0.455 e. The molecular formula is C21H20O4. The molecule has 3 aromatic rings. The van der Waals surface area contributed by atoms with Gasteiger partial charge in [0.15, 0.2) is 5.75 Å². The molecule has 0 radical (unpaired) electrons. The first-order valence-electron chi connectivity index (χ1n) is 8.28. The zero-order valence-corrected chi connectivity index (χ0v) is 14.8. The minimum absolute atomic E-state index is 0.192. The lowest BCUT2D eigenvalue weighted by atomic mass is 10.0. The quantitative estimate of drug-likeness (QED) is 0.387. The Morgan fingerprint density at radius 3 is 2.64 bits per heavy atom. The summed E-state index contributed by atoms with van der Waals surface area (Å²) in [6, 6.07) is 7.20. The van der Waals surface area contributed by atoms with Crippen LogP contribution in [-0.2, 0) is 4.79 Å². The van der Waals surface area contributed by atoms with E-state index in [1.807, 2.05) is 39.0 Å². The molecule has 0 saturated heterocycles. The number of allylic oxidation sites excluding steroid dienone is 1. The number of ether oxygens (including phenoxy) is 1. The smallest absolute Gasteiger partial charge is 0.308 e. The van der Waals surface area contributed by atoms with E-state index >= 15 is 0 Å². The van der Waals surface area contributed by atoms with E-state index in [-0.39, 0.29) is 11.2 Å². The third-order valence-electron chi connectivity index (χ3n) is 4.29. The summed E-state index contributed by atoms with van der Waals surface area (Å²) in [5.74, 6) is -0.221. The second-order valence-electron chi connectivity index (χ2n) is 6.08. The van der Waals surface area contributed by atoms with E-state index < -0.39 is 5.97 Å². The number of carbonyl (C=O) groups excluding carboxylic acids is 1. The van der Waals surface area contributed by atoms with Gasteiger partial charge in [-0.05, 0) is 49.6 Å². The van der Waals surface area contributed by atoms with Crippen LogP contribution in [0.25, 0.3) is 28.0 Å². The summed E-state index contributed by atoms with van der Waals surface area (Å²) >= 11 is 0. The van der Waals surface area contributed by atoms with Gasteiger partial charge in [-0.3, -0.25) is 9.59 Å². The molecule has 2 aromatic carbocycles. The summed E-state index contributed by atoms with van der Waals surface area (Å²) in [5, 5.41) is 0.782. The fourth-order valence-electron chi connectivity index (χ4n) is 2.86. The summed E-state index contributed by atoms with van der Waals surface area (Å²) < 4.78 is 11.4. The van der Waals surface area contributed by atoms with Crippen LogP contribution in [0.2, 0.25) is 0 Å². The van der Waals surface area contributed by atoms with Crippen molar-refractivity contribution in [2.45, 2.75) is 34.1 Å². The van der Waals surface area contributed by atoms with Gasteiger partial charge in [0, 0.05) is 12.5 Å². The summed E-state index contributed by atoms with van der Waals surface area (Å²) in [6.45, 7) is 7.23. The SMILES string of the molecule is CCC=Cc1ccc2oc3c(C)c(C)ccc3c(=O)c2c1OC(C)=O. The first-order valence-corrected chi connectivity index (χ1v) is 8.28. The van der Waals surface area contributed by atoms with Gasteiger partial charge in [0.05, 0.1) is 5.39 Å². The normalized spacial score (nSPS) is 11.5. The Labute approximate surface area is 145 Å². The van der Waals surface area contributed by atoms with Crippen molar-refractivity contribution < 1.29 is 13.9 Å². The number of hydrogen-bond acceptors (Lipinski definition) is 4. The van der Waals surface area contributed by atoms with Crippen molar-refractivity contribution in [3.63, 3.8) is 0 Å². The topological polar surface area (TPSA) is 56.5 Å². The third-order valence-corrected chi connectivity index (χ3v) is 4.29. The van der Waals surface area contributed by atoms with Crippen molar-refractivity contribution in [1.29, 1.82) is 0 Å². The number of hydrogen-bond donors (Lipinski definition) is 0. The highest BCUT2D eigenvalue weighted by Gasteiger charge is 2.18. The predicted molar refractivity (Wildman–Crippen MR) is 100 cm³/mol. The molecule has 1 heterocycles. The van der Waals surface area contributed by atoms with Gasteiger partial charge in [-0.1, -0.05) is 25.1 Å². The standard InChI is InChI=1S/C21H20O4/c1-5-6-7-15-9-11-17-18(21(15)24-14(4)22)19(23)16-10-8-12(2)13(3)20(16)25-17/h6-11H,5H2,1-4H3. The summed E-state index contributed by atoms with van der Waals surface area (Å²) in [6.07, 6.45) is 4.63. The maximum Gasteiger partial charge on any atom is 0.308 e. The van der Waals surface area contributed by atoms with Crippen molar-refractivity contribution in [2.24, 2.45) is 0 Å². The fourth-order valence-corrected chi connectivity index (χ4v) is 2.86. The van der Waals surface area contributed by atoms with Gasteiger partial charge in [-0.15, -0.1) is 0 Å². The highest BCUT2D eigenvalue weighted by Crippen LogP contribution is 2.32. The Bertz CT molecular complexity index is 1070. The first-order chi connectivity index (χ1) is 11.9. The van der Waals surface area contributed by atoms with E-state index in [9.17, 15) is 9.59 Å². The Morgan fingerprint density at radius 2 is 1.96 bits per heavy atom. The predicted octanol–water partition coefficient (Wildman–Crippen LogP) is 4.91. The molecule has 0 aliphatic heterocycles. The van der Waals surface area contributed by atoms with E-state index in [1.54, 1.807) is 18.2 Å². The monoisotopic (exact) mass is 336 g/mol. The second kappa shape index (κ2) is 6.55. The van der Waals surface area contributed by atoms with Gasteiger partial charge in [0.1, 0.15) is 16.6 Å². The van der Waals surface area contributed by atoms with E-state index in [2.05, 4.69) is 0 Å². The van der Waals surface area contributed by atoms with Crippen LogP contribution in [0.5, 0.6) is 5.75 Å². The molecule has 0 spiro atoms. The summed E-state index contributed by atoms with van der Waals surface area (Å²) in [7, 11) is 0. The Morgan fingerprint density at radius 1 is 1.20 bits per heavy atom. The van der Waals surface area contributed by atoms with Crippen LogP contribution in [-0.4, -0.2) is 5.97 Å². The van der Waals surface area contributed by atoms with E-state index in [4.69, 9.17) is 9.15 Å². The van der Waals surface area contributed by atoms with Gasteiger partial charge in [0.2, 0.25) is 5.43 Å². The molecule has 0 fully saturated rings. The molecule has 0 unspecified atom stereocenters. The molecule has 0 amide bonds. The fraction of sp³-hybridized carbons (Fsp3) is 0.238. The van der Waals surface area contributed by atoms with Crippen LogP contribution < -0.4 is 10.2 Å². The molecule has 0 atom stereocenters. The number of esters is 1. The van der Waals surface area contributed by atoms with Crippen LogP contribution in [0.4, 0.5) is 0 Å². The molecular weight excluding hydrogens is 316 g/mol. The highest BCUT2D eigenvalue weighted by molar-refractivity contribution is 5.97. The van der Waals surface area contributed by atoms with Crippen LogP contribution in [0.15, 0.2) is 39.6 Å². The van der Waals surface area contributed by atoms with E-state index in [0.717, 1.165) is 17.5 Å². The van der Waals surface area contributed by atoms with Crippen molar-refractivity contribution in [2.75, 3.05) is 0 Å². The zero-order chi connectivity index (χ0) is 18.1. The third kappa shape index (κ3) is 2.95. The summed E-state index contributed by atoms with van der Waals surface area (Å²) in [5.41, 5.74) is 3.46.